The van der Waals surface area contributed by atoms with Crippen LogP contribution in [0.2, 0.25) is 0 Å². The number of aromatic nitrogens is 2. The first-order valence-corrected chi connectivity index (χ1v) is 8.89. The Hall–Kier alpha value is -3.68. The average molecular weight is 396 g/mol. The number of carbonyl (C=O) groups excluding carboxylic acids is 1. The molecule has 150 valence electrons. The molecule has 0 aliphatic carbocycles. The van der Waals surface area contributed by atoms with Crippen molar-refractivity contribution < 1.29 is 18.7 Å². The predicted octanol–water partition coefficient (Wildman–Crippen LogP) is 3.18. The number of rotatable bonds is 8. The minimum absolute atomic E-state index is 0.248. The van der Waals surface area contributed by atoms with E-state index in [9.17, 15) is 9.18 Å². The van der Waals surface area contributed by atoms with Gasteiger partial charge < -0.3 is 20.1 Å². The number of methoxy groups -OCH3 is 2. The highest BCUT2D eigenvalue weighted by Gasteiger charge is 2.09. The Kier molecular flexibility index (Phi) is 6.57. The Morgan fingerprint density at radius 1 is 1.00 bits per heavy atom. The van der Waals surface area contributed by atoms with E-state index in [0.29, 0.717) is 35.1 Å². The van der Waals surface area contributed by atoms with E-state index < -0.39 is 0 Å². The average Bonchev–Trinajstić information content (AvgIpc) is 2.77. The molecule has 0 spiro atoms. The molecule has 0 atom stereocenters. The van der Waals surface area contributed by atoms with Crippen LogP contribution in [-0.2, 0) is 13.1 Å². The van der Waals surface area contributed by atoms with Crippen LogP contribution in [0.1, 0.15) is 21.5 Å². The molecule has 2 aromatic carbocycles. The van der Waals surface area contributed by atoms with E-state index >= 15 is 0 Å². The first-order valence-electron chi connectivity index (χ1n) is 8.89. The van der Waals surface area contributed by atoms with Crippen LogP contribution in [-0.4, -0.2) is 30.1 Å². The summed E-state index contributed by atoms with van der Waals surface area (Å²) in [6.07, 6.45) is 2.83. The molecule has 0 saturated heterocycles. The van der Waals surface area contributed by atoms with Crippen LogP contribution in [0, 0.1) is 5.82 Å². The molecule has 3 aromatic rings. The summed E-state index contributed by atoms with van der Waals surface area (Å²) in [6.45, 7) is 0.560. The Morgan fingerprint density at radius 3 is 2.41 bits per heavy atom. The van der Waals surface area contributed by atoms with Gasteiger partial charge in [-0.2, -0.15) is 0 Å². The third-order valence-corrected chi connectivity index (χ3v) is 4.21. The van der Waals surface area contributed by atoms with E-state index in [4.69, 9.17) is 9.47 Å². The first-order chi connectivity index (χ1) is 14.1. The lowest BCUT2D eigenvalue weighted by Gasteiger charge is -2.10. The molecular formula is C21H21FN4O3. The van der Waals surface area contributed by atoms with Gasteiger partial charge in [-0.05, 0) is 23.8 Å². The summed E-state index contributed by atoms with van der Waals surface area (Å²) >= 11 is 0. The number of anilines is 1. The molecule has 0 aliphatic heterocycles. The van der Waals surface area contributed by atoms with E-state index in [-0.39, 0.29) is 18.3 Å². The Balaban J connectivity index is 1.55. The van der Waals surface area contributed by atoms with Crippen molar-refractivity contribution in [1.82, 2.24) is 15.3 Å². The molecule has 0 bridgehead atoms. The molecule has 1 heterocycles. The summed E-state index contributed by atoms with van der Waals surface area (Å²) in [7, 11) is 3.12. The second-order valence-corrected chi connectivity index (χ2v) is 6.11. The summed E-state index contributed by atoms with van der Waals surface area (Å²) < 4.78 is 24.1. The van der Waals surface area contributed by atoms with E-state index in [1.807, 2.05) is 6.07 Å². The zero-order valence-corrected chi connectivity index (χ0v) is 16.1. The van der Waals surface area contributed by atoms with Gasteiger partial charge in [0.2, 0.25) is 5.95 Å². The fourth-order valence-corrected chi connectivity index (χ4v) is 2.63. The number of carbonyl (C=O) groups is 1. The fourth-order valence-electron chi connectivity index (χ4n) is 2.63. The minimum Gasteiger partial charge on any atom is -0.493 e. The van der Waals surface area contributed by atoms with Gasteiger partial charge in [-0.25, -0.2) is 14.4 Å². The standard InChI is InChI=1S/C21H21FN4O3/c1-28-18-8-7-14(9-19(18)29-2)10-23-20(27)16-12-25-21(26-13-16)24-11-15-5-3-4-6-17(15)22/h3-9,12-13H,10-11H2,1-2H3,(H,23,27)(H,24,25,26). The van der Waals surface area contributed by atoms with Crippen LogP contribution in [0.15, 0.2) is 54.9 Å². The van der Waals surface area contributed by atoms with E-state index in [2.05, 4.69) is 20.6 Å². The number of benzene rings is 2. The minimum atomic E-state index is -0.305. The number of hydrogen-bond acceptors (Lipinski definition) is 6. The highest BCUT2D eigenvalue weighted by atomic mass is 19.1. The first kappa shape index (κ1) is 20.1. The van der Waals surface area contributed by atoms with Crippen LogP contribution in [0.25, 0.3) is 0 Å². The topological polar surface area (TPSA) is 85.4 Å². The smallest absolute Gasteiger partial charge is 0.254 e. The molecule has 0 saturated carbocycles. The van der Waals surface area contributed by atoms with Gasteiger partial charge in [-0.3, -0.25) is 4.79 Å². The van der Waals surface area contributed by atoms with Gasteiger partial charge in [0.1, 0.15) is 5.82 Å². The maximum Gasteiger partial charge on any atom is 0.254 e. The van der Waals surface area contributed by atoms with E-state index in [0.717, 1.165) is 5.56 Å². The molecule has 0 radical (unpaired) electrons. The second-order valence-electron chi connectivity index (χ2n) is 6.11. The van der Waals surface area contributed by atoms with Gasteiger partial charge in [0, 0.05) is 31.0 Å². The predicted molar refractivity (Wildman–Crippen MR) is 106 cm³/mol. The van der Waals surface area contributed by atoms with Crippen molar-refractivity contribution in [1.29, 1.82) is 0 Å². The highest BCUT2D eigenvalue weighted by Crippen LogP contribution is 2.27. The Bertz CT molecular complexity index is 980. The molecular weight excluding hydrogens is 375 g/mol. The van der Waals surface area contributed by atoms with Crippen molar-refractivity contribution in [3.05, 3.63) is 77.4 Å². The van der Waals surface area contributed by atoms with Crippen LogP contribution in [0.5, 0.6) is 11.5 Å². The highest BCUT2D eigenvalue weighted by molar-refractivity contribution is 5.93. The molecule has 0 aliphatic rings. The monoisotopic (exact) mass is 396 g/mol. The summed E-state index contributed by atoms with van der Waals surface area (Å²) in [6, 6.07) is 11.9. The maximum atomic E-state index is 13.6. The number of amides is 1. The van der Waals surface area contributed by atoms with E-state index in [1.165, 1.54) is 18.5 Å². The molecule has 0 unspecified atom stereocenters. The molecule has 29 heavy (non-hydrogen) atoms. The van der Waals surface area contributed by atoms with Crippen LogP contribution >= 0.6 is 0 Å². The molecule has 8 heteroatoms. The lowest BCUT2D eigenvalue weighted by atomic mass is 10.2. The summed E-state index contributed by atoms with van der Waals surface area (Å²) in [4.78, 5) is 20.5. The normalized spacial score (nSPS) is 10.3. The van der Waals surface area contributed by atoms with Crippen molar-refractivity contribution in [3.63, 3.8) is 0 Å². The number of ether oxygens (including phenoxy) is 2. The quantitative estimate of drug-likeness (QED) is 0.608. The second kappa shape index (κ2) is 9.50. The number of nitrogens with zero attached hydrogens (tertiary/aromatic N) is 2. The van der Waals surface area contributed by atoms with Crippen molar-refractivity contribution >= 4 is 11.9 Å². The molecule has 0 fully saturated rings. The molecule has 2 N–H and O–H groups in total. The fraction of sp³-hybridized carbons (Fsp3) is 0.190. The van der Waals surface area contributed by atoms with Gasteiger partial charge in [-0.15, -0.1) is 0 Å². The maximum absolute atomic E-state index is 13.6. The van der Waals surface area contributed by atoms with Crippen molar-refractivity contribution in [2.45, 2.75) is 13.1 Å². The van der Waals surface area contributed by atoms with Crippen LogP contribution in [0.3, 0.4) is 0 Å². The van der Waals surface area contributed by atoms with Crippen molar-refractivity contribution in [3.8, 4) is 11.5 Å². The third kappa shape index (κ3) is 5.19. The summed E-state index contributed by atoms with van der Waals surface area (Å²) in [5.41, 5.74) is 1.69. The Labute approximate surface area is 167 Å². The number of hydrogen-bond donors (Lipinski definition) is 2. The summed E-state index contributed by atoms with van der Waals surface area (Å²) in [5.74, 6) is 0.915. The number of halogens is 1. The van der Waals surface area contributed by atoms with E-state index in [1.54, 1.807) is 44.6 Å². The Morgan fingerprint density at radius 2 is 1.72 bits per heavy atom. The van der Waals surface area contributed by atoms with Gasteiger partial charge in [0.25, 0.3) is 5.91 Å². The van der Waals surface area contributed by atoms with Crippen LogP contribution in [0.4, 0.5) is 10.3 Å². The molecule has 7 nitrogen and oxygen atoms in total. The SMILES string of the molecule is COc1ccc(CNC(=O)c2cnc(NCc3ccccc3F)nc2)cc1OC. The van der Waals surface area contributed by atoms with Gasteiger partial charge in [-0.1, -0.05) is 24.3 Å². The lowest BCUT2D eigenvalue weighted by Crippen LogP contribution is -2.23. The molecule has 1 amide bonds. The zero-order valence-electron chi connectivity index (χ0n) is 16.1. The van der Waals surface area contributed by atoms with Crippen molar-refractivity contribution in [2.75, 3.05) is 19.5 Å². The largest absolute Gasteiger partial charge is 0.493 e. The lowest BCUT2D eigenvalue weighted by molar-refractivity contribution is 0.0950. The van der Waals surface area contributed by atoms with Gasteiger partial charge >= 0.3 is 0 Å². The van der Waals surface area contributed by atoms with Crippen LogP contribution < -0.4 is 20.1 Å². The third-order valence-electron chi connectivity index (χ3n) is 4.21. The molecule has 3 rings (SSSR count). The van der Waals surface area contributed by atoms with Gasteiger partial charge in [0.05, 0.1) is 19.8 Å². The summed E-state index contributed by atoms with van der Waals surface area (Å²) in [5, 5.41) is 5.73. The number of nitrogens with one attached hydrogen (secondary N) is 2. The van der Waals surface area contributed by atoms with Gasteiger partial charge in [0.15, 0.2) is 11.5 Å². The zero-order chi connectivity index (χ0) is 20.6. The van der Waals surface area contributed by atoms with Crippen molar-refractivity contribution in [2.24, 2.45) is 0 Å². The molecule has 1 aromatic heterocycles.